The zero-order valence-corrected chi connectivity index (χ0v) is 26.3. The van der Waals surface area contributed by atoms with E-state index in [1.807, 2.05) is 84.5 Å². The molecule has 1 aromatic heterocycles. The number of rotatable bonds is 13. The lowest BCUT2D eigenvalue weighted by Crippen LogP contribution is -2.38. The summed E-state index contributed by atoms with van der Waals surface area (Å²) in [7, 11) is 1.98. The number of carboxylic acid groups (broad SMARTS) is 1. The summed E-state index contributed by atoms with van der Waals surface area (Å²) in [4.78, 5) is 27.3. The first-order valence-corrected chi connectivity index (χ1v) is 16.1. The SMILES string of the molecule is C[C@H]1[C@@H](CSc2nccn2C)O[C@@H](c2cccc(-c3cccc(CNC(=O)CCCC(=O)O)c3)c2)O[C@H]1c1ccc(CO)cc1. The standard InChI is InChI=1S/C35H39N3O6S/c1-23-30(22-45-35-36-16-17-38(35)2)43-34(44-33(23)26-14-12-24(21-39)13-15-26)29-9-4-8-28(19-29)27-7-3-6-25(18-27)20-37-31(40)10-5-11-32(41)42/h3-4,6-9,12-19,23,30,33-34,39H,5,10-11,20-22H2,1-2H3,(H,37,40)(H,41,42)/t23-,30+,33+,34+/m0/s1. The van der Waals surface area contributed by atoms with Gasteiger partial charge in [-0.1, -0.05) is 79.3 Å². The van der Waals surface area contributed by atoms with Gasteiger partial charge in [-0.3, -0.25) is 9.59 Å². The number of imidazole rings is 1. The number of ether oxygens (including phenoxy) is 2. The molecule has 3 aromatic carbocycles. The number of benzene rings is 3. The molecule has 0 aliphatic carbocycles. The van der Waals surface area contributed by atoms with Gasteiger partial charge in [0, 0.05) is 56.1 Å². The molecule has 45 heavy (non-hydrogen) atoms. The summed E-state index contributed by atoms with van der Waals surface area (Å²) in [5, 5.41) is 22.1. The summed E-state index contributed by atoms with van der Waals surface area (Å²) in [5.41, 5.74) is 5.73. The molecular weight excluding hydrogens is 590 g/mol. The highest BCUT2D eigenvalue weighted by molar-refractivity contribution is 7.99. The van der Waals surface area contributed by atoms with Crippen molar-refractivity contribution in [3.05, 3.63) is 107 Å². The average molecular weight is 630 g/mol. The highest BCUT2D eigenvalue weighted by Crippen LogP contribution is 2.43. The average Bonchev–Trinajstić information content (AvgIpc) is 3.47. The summed E-state index contributed by atoms with van der Waals surface area (Å²) in [5.74, 6) is -0.294. The molecule has 1 amide bonds. The minimum atomic E-state index is -0.901. The summed E-state index contributed by atoms with van der Waals surface area (Å²) >= 11 is 1.66. The lowest BCUT2D eigenvalue weighted by atomic mass is 9.91. The molecule has 236 valence electrons. The van der Waals surface area contributed by atoms with Gasteiger partial charge in [-0.2, -0.15) is 0 Å². The molecule has 9 nitrogen and oxygen atoms in total. The van der Waals surface area contributed by atoms with Crippen molar-refractivity contribution in [1.82, 2.24) is 14.9 Å². The Morgan fingerprint density at radius 1 is 0.956 bits per heavy atom. The second-order valence-electron chi connectivity index (χ2n) is 11.3. The molecule has 0 unspecified atom stereocenters. The number of carboxylic acids is 1. The Morgan fingerprint density at radius 2 is 1.71 bits per heavy atom. The Balaban J connectivity index is 1.33. The summed E-state index contributed by atoms with van der Waals surface area (Å²) in [6, 6.07) is 24.0. The van der Waals surface area contributed by atoms with E-state index in [0.717, 1.165) is 38.5 Å². The number of amides is 1. The number of hydrogen-bond donors (Lipinski definition) is 3. The third-order valence-corrected chi connectivity index (χ3v) is 9.13. The highest BCUT2D eigenvalue weighted by atomic mass is 32.2. The number of aliphatic carboxylic acids is 1. The van der Waals surface area contributed by atoms with E-state index >= 15 is 0 Å². The maximum absolute atomic E-state index is 12.2. The number of aliphatic hydroxyl groups is 1. The molecule has 10 heteroatoms. The van der Waals surface area contributed by atoms with Crippen molar-refractivity contribution in [2.45, 2.75) is 63.0 Å². The molecule has 1 saturated heterocycles. The zero-order chi connectivity index (χ0) is 31.8. The van der Waals surface area contributed by atoms with Crippen LogP contribution in [0.15, 0.2) is 90.3 Å². The number of carbonyl (C=O) groups excluding carboxylic acids is 1. The number of nitrogens with zero attached hydrogens (tertiary/aromatic N) is 2. The molecule has 1 fully saturated rings. The van der Waals surface area contributed by atoms with Gasteiger partial charge in [-0.15, -0.1) is 0 Å². The van der Waals surface area contributed by atoms with Gasteiger partial charge in [-0.25, -0.2) is 4.98 Å². The van der Waals surface area contributed by atoms with Crippen LogP contribution in [0.5, 0.6) is 0 Å². The summed E-state index contributed by atoms with van der Waals surface area (Å²) in [6.07, 6.45) is 3.28. The molecule has 0 spiro atoms. The molecule has 5 rings (SSSR count). The zero-order valence-electron chi connectivity index (χ0n) is 25.5. The van der Waals surface area contributed by atoms with E-state index in [9.17, 15) is 14.7 Å². The molecule has 0 saturated carbocycles. The van der Waals surface area contributed by atoms with Crippen molar-refractivity contribution in [1.29, 1.82) is 0 Å². The normalized spacial score (nSPS) is 19.7. The number of aryl methyl sites for hydroxylation is 1. The van der Waals surface area contributed by atoms with Crippen LogP contribution in [-0.4, -0.2) is 43.5 Å². The van der Waals surface area contributed by atoms with Gasteiger partial charge < -0.3 is 29.6 Å². The van der Waals surface area contributed by atoms with Crippen LogP contribution in [-0.2, 0) is 39.3 Å². The minimum absolute atomic E-state index is 0.0107. The smallest absolute Gasteiger partial charge is 0.303 e. The lowest BCUT2D eigenvalue weighted by molar-refractivity contribution is -0.268. The van der Waals surface area contributed by atoms with Gasteiger partial charge >= 0.3 is 5.97 Å². The predicted molar refractivity (Wildman–Crippen MR) is 172 cm³/mol. The third-order valence-electron chi connectivity index (χ3n) is 7.98. The van der Waals surface area contributed by atoms with Crippen LogP contribution in [0, 0.1) is 5.92 Å². The molecule has 0 bridgehead atoms. The van der Waals surface area contributed by atoms with Gasteiger partial charge in [-0.05, 0) is 46.4 Å². The number of thioether (sulfide) groups is 1. The van der Waals surface area contributed by atoms with E-state index < -0.39 is 12.3 Å². The van der Waals surface area contributed by atoms with E-state index in [2.05, 4.69) is 23.3 Å². The molecule has 1 aliphatic rings. The van der Waals surface area contributed by atoms with Crippen molar-refractivity contribution in [2.24, 2.45) is 13.0 Å². The maximum Gasteiger partial charge on any atom is 0.303 e. The number of carbonyl (C=O) groups is 2. The number of nitrogens with one attached hydrogen (secondary N) is 1. The van der Waals surface area contributed by atoms with Crippen LogP contribution in [0.25, 0.3) is 11.1 Å². The topological polar surface area (TPSA) is 123 Å². The van der Waals surface area contributed by atoms with Crippen LogP contribution < -0.4 is 5.32 Å². The van der Waals surface area contributed by atoms with Gasteiger partial charge in [0.2, 0.25) is 5.91 Å². The Hall–Kier alpha value is -3.96. The monoisotopic (exact) mass is 629 g/mol. The second kappa shape index (κ2) is 15.4. The fourth-order valence-electron chi connectivity index (χ4n) is 5.37. The molecule has 3 N–H and O–H groups in total. The Kier molecular flexibility index (Phi) is 11.1. The third kappa shape index (κ3) is 8.61. The highest BCUT2D eigenvalue weighted by Gasteiger charge is 2.38. The molecule has 0 radical (unpaired) electrons. The van der Waals surface area contributed by atoms with Crippen LogP contribution in [0.4, 0.5) is 0 Å². The predicted octanol–water partition coefficient (Wildman–Crippen LogP) is 6.03. The Morgan fingerprint density at radius 3 is 2.42 bits per heavy atom. The number of hydrogen-bond acceptors (Lipinski definition) is 7. The molecule has 1 aliphatic heterocycles. The fraction of sp³-hybridized carbons (Fsp3) is 0.343. The van der Waals surface area contributed by atoms with Crippen LogP contribution in [0.3, 0.4) is 0 Å². The first-order valence-electron chi connectivity index (χ1n) is 15.1. The van der Waals surface area contributed by atoms with Crippen molar-refractivity contribution in [3.63, 3.8) is 0 Å². The summed E-state index contributed by atoms with van der Waals surface area (Å²) < 4.78 is 15.3. The van der Waals surface area contributed by atoms with Crippen LogP contribution >= 0.6 is 11.8 Å². The van der Waals surface area contributed by atoms with E-state index in [1.165, 1.54) is 0 Å². The van der Waals surface area contributed by atoms with E-state index in [-0.39, 0.29) is 43.5 Å². The summed E-state index contributed by atoms with van der Waals surface area (Å²) in [6.45, 7) is 2.50. The Labute approximate surface area is 267 Å². The number of aromatic nitrogens is 2. The maximum atomic E-state index is 12.2. The first kappa shape index (κ1) is 32.4. The van der Waals surface area contributed by atoms with Crippen molar-refractivity contribution >= 4 is 23.6 Å². The fourth-order valence-corrected chi connectivity index (χ4v) is 6.47. The van der Waals surface area contributed by atoms with Crippen molar-refractivity contribution < 1.29 is 29.3 Å². The van der Waals surface area contributed by atoms with Gasteiger partial charge in [0.15, 0.2) is 11.4 Å². The van der Waals surface area contributed by atoms with E-state index in [1.54, 1.807) is 18.0 Å². The quantitative estimate of drug-likeness (QED) is 0.153. The molecule has 4 aromatic rings. The first-order chi connectivity index (χ1) is 21.8. The van der Waals surface area contributed by atoms with Gasteiger partial charge in [0.1, 0.15) is 0 Å². The molecular formula is C35H39N3O6S. The lowest BCUT2D eigenvalue weighted by Gasteiger charge is -2.41. The van der Waals surface area contributed by atoms with Crippen molar-refractivity contribution in [3.8, 4) is 11.1 Å². The minimum Gasteiger partial charge on any atom is -0.481 e. The van der Waals surface area contributed by atoms with Crippen molar-refractivity contribution in [2.75, 3.05) is 5.75 Å². The second-order valence-corrected chi connectivity index (χ2v) is 12.3. The van der Waals surface area contributed by atoms with Crippen LogP contribution in [0.2, 0.25) is 0 Å². The number of aliphatic hydroxyl groups excluding tert-OH is 1. The van der Waals surface area contributed by atoms with Gasteiger partial charge in [0.25, 0.3) is 0 Å². The van der Waals surface area contributed by atoms with Crippen LogP contribution in [0.1, 0.15) is 60.8 Å². The van der Waals surface area contributed by atoms with E-state index in [0.29, 0.717) is 18.7 Å². The Bertz CT molecular complexity index is 1590. The van der Waals surface area contributed by atoms with E-state index in [4.69, 9.17) is 14.6 Å². The largest absolute Gasteiger partial charge is 0.481 e. The molecule has 4 atom stereocenters. The molecule has 2 heterocycles. The van der Waals surface area contributed by atoms with Gasteiger partial charge in [0.05, 0.1) is 18.8 Å².